The number of benzene rings is 1. The standard InChI is InChI=1S/C12H14BrClN2O/c1-8-7-16(5-4-15-8)12(17)10-3-2-9(14)6-11(10)13/h2-3,6,8,15H,4-5,7H2,1H3. The van der Waals surface area contributed by atoms with Gasteiger partial charge in [-0.2, -0.15) is 0 Å². The molecule has 1 fully saturated rings. The summed E-state index contributed by atoms with van der Waals surface area (Å²) in [5, 5.41) is 3.94. The van der Waals surface area contributed by atoms with E-state index in [0.717, 1.165) is 24.1 Å². The highest BCUT2D eigenvalue weighted by molar-refractivity contribution is 9.10. The maximum absolute atomic E-state index is 12.3. The molecule has 5 heteroatoms. The van der Waals surface area contributed by atoms with Crippen LogP contribution in [0.2, 0.25) is 5.02 Å². The Morgan fingerprint density at radius 1 is 1.59 bits per heavy atom. The van der Waals surface area contributed by atoms with Crippen molar-refractivity contribution in [2.75, 3.05) is 19.6 Å². The van der Waals surface area contributed by atoms with Crippen LogP contribution in [-0.4, -0.2) is 36.5 Å². The lowest BCUT2D eigenvalue weighted by atomic mass is 10.1. The summed E-state index contributed by atoms with van der Waals surface area (Å²) in [6.45, 7) is 4.42. The van der Waals surface area contributed by atoms with Crippen LogP contribution < -0.4 is 5.32 Å². The molecular formula is C12H14BrClN2O. The molecule has 3 nitrogen and oxygen atoms in total. The van der Waals surface area contributed by atoms with Crippen LogP contribution in [0.15, 0.2) is 22.7 Å². The summed E-state index contributed by atoms with van der Waals surface area (Å²) in [5.41, 5.74) is 0.670. The van der Waals surface area contributed by atoms with Gasteiger partial charge in [0.25, 0.3) is 5.91 Å². The van der Waals surface area contributed by atoms with Crippen molar-refractivity contribution in [2.45, 2.75) is 13.0 Å². The van der Waals surface area contributed by atoms with Gasteiger partial charge in [0.1, 0.15) is 0 Å². The van der Waals surface area contributed by atoms with E-state index in [2.05, 4.69) is 28.2 Å². The van der Waals surface area contributed by atoms with E-state index in [9.17, 15) is 4.79 Å². The number of nitrogens with zero attached hydrogens (tertiary/aromatic N) is 1. The molecule has 1 aliphatic heterocycles. The van der Waals surface area contributed by atoms with E-state index in [0.29, 0.717) is 16.6 Å². The highest BCUT2D eigenvalue weighted by Crippen LogP contribution is 2.23. The SMILES string of the molecule is CC1CN(C(=O)c2ccc(Cl)cc2Br)CCN1. The summed E-state index contributed by atoms with van der Waals surface area (Å²) >= 11 is 9.25. The molecule has 0 saturated carbocycles. The molecular weight excluding hydrogens is 304 g/mol. The Morgan fingerprint density at radius 3 is 3.00 bits per heavy atom. The predicted octanol–water partition coefficient (Wildman–Crippen LogP) is 2.54. The molecule has 1 aromatic carbocycles. The normalized spacial score (nSPS) is 20.4. The molecule has 17 heavy (non-hydrogen) atoms. The van der Waals surface area contributed by atoms with Crippen molar-refractivity contribution >= 4 is 33.4 Å². The van der Waals surface area contributed by atoms with E-state index in [-0.39, 0.29) is 5.91 Å². The van der Waals surface area contributed by atoms with Gasteiger partial charge in [-0.25, -0.2) is 0 Å². The molecule has 0 aliphatic carbocycles. The minimum absolute atomic E-state index is 0.0573. The van der Waals surface area contributed by atoms with E-state index in [1.807, 2.05) is 4.90 Å². The lowest BCUT2D eigenvalue weighted by Crippen LogP contribution is -2.51. The maximum Gasteiger partial charge on any atom is 0.255 e. The summed E-state index contributed by atoms with van der Waals surface area (Å²) in [7, 11) is 0. The van der Waals surface area contributed by atoms with Crippen molar-refractivity contribution < 1.29 is 4.79 Å². The first kappa shape index (κ1) is 12.9. The zero-order valence-electron chi connectivity index (χ0n) is 9.54. The quantitative estimate of drug-likeness (QED) is 0.863. The fraction of sp³-hybridized carbons (Fsp3) is 0.417. The van der Waals surface area contributed by atoms with Crippen LogP contribution >= 0.6 is 27.5 Å². The van der Waals surface area contributed by atoms with E-state index < -0.39 is 0 Å². The average molecular weight is 318 g/mol. The third-order valence-electron chi connectivity index (χ3n) is 2.82. The summed E-state index contributed by atoms with van der Waals surface area (Å²) in [6.07, 6.45) is 0. The van der Waals surface area contributed by atoms with Crippen LogP contribution in [0.25, 0.3) is 0 Å². The van der Waals surface area contributed by atoms with Crippen molar-refractivity contribution in [3.05, 3.63) is 33.3 Å². The number of carbonyl (C=O) groups excluding carboxylic acids is 1. The number of amides is 1. The van der Waals surface area contributed by atoms with Gasteiger partial charge in [-0.3, -0.25) is 4.79 Å². The highest BCUT2D eigenvalue weighted by Gasteiger charge is 2.22. The maximum atomic E-state index is 12.3. The first-order valence-corrected chi connectivity index (χ1v) is 6.72. The van der Waals surface area contributed by atoms with Crippen LogP contribution in [0, 0.1) is 0 Å². The summed E-state index contributed by atoms with van der Waals surface area (Å²) in [4.78, 5) is 14.2. The number of rotatable bonds is 1. The smallest absolute Gasteiger partial charge is 0.255 e. The van der Waals surface area contributed by atoms with Crippen LogP contribution in [0.1, 0.15) is 17.3 Å². The number of piperazine rings is 1. The molecule has 1 heterocycles. The Hall–Kier alpha value is -0.580. The van der Waals surface area contributed by atoms with Gasteiger partial charge in [0.05, 0.1) is 5.56 Å². The van der Waals surface area contributed by atoms with Crippen LogP contribution in [0.3, 0.4) is 0 Å². The molecule has 1 aliphatic rings. The van der Waals surface area contributed by atoms with Gasteiger partial charge in [-0.15, -0.1) is 0 Å². The number of hydrogen-bond donors (Lipinski definition) is 1. The summed E-state index contributed by atoms with van der Waals surface area (Å²) < 4.78 is 0.751. The van der Waals surface area contributed by atoms with Gasteiger partial charge in [0, 0.05) is 35.2 Å². The van der Waals surface area contributed by atoms with Crippen molar-refractivity contribution in [3.8, 4) is 0 Å². The second-order valence-electron chi connectivity index (χ2n) is 4.23. The zero-order valence-corrected chi connectivity index (χ0v) is 11.9. The van der Waals surface area contributed by atoms with Crippen molar-refractivity contribution in [1.29, 1.82) is 0 Å². The molecule has 1 aromatic rings. The Balaban J connectivity index is 2.18. The monoisotopic (exact) mass is 316 g/mol. The number of hydrogen-bond acceptors (Lipinski definition) is 2. The van der Waals surface area contributed by atoms with E-state index in [4.69, 9.17) is 11.6 Å². The average Bonchev–Trinajstić information content (AvgIpc) is 2.28. The Kier molecular flexibility index (Phi) is 4.07. The molecule has 2 rings (SSSR count). The van der Waals surface area contributed by atoms with Gasteiger partial charge in [0.2, 0.25) is 0 Å². The number of nitrogens with one attached hydrogen (secondary N) is 1. The summed E-state index contributed by atoms with van der Waals surface area (Å²) in [6, 6.07) is 5.60. The van der Waals surface area contributed by atoms with Crippen LogP contribution in [-0.2, 0) is 0 Å². The molecule has 0 radical (unpaired) electrons. The minimum atomic E-state index is 0.0573. The zero-order chi connectivity index (χ0) is 12.4. The van der Waals surface area contributed by atoms with E-state index in [1.165, 1.54) is 0 Å². The molecule has 1 amide bonds. The minimum Gasteiger partial charge on any atom is -0.336 e. The van der Waals surface area contributed by atoms with Gasteiger partial charge in [-0.05, 0) is 41.1 Å². The third-order valence-corrected chi connectivity index (χ3v) is 3.71. The van der Waals surface area contributed by atoms with Gasteiger partial charge in [0.15, 0.2) is 0 Å². The van der Waals surface area contributed by atoms with Crippen LogP contribution in [0.5, 0.6) is 0 Å². The first-order chi connectivity index (χ1) is 8.08. The Labute approximate surface area is 114 Å². The van der Waals surface area contributed by atoms with Crippen molar-refractivity contribution in [3.63, 3.8) is 0 Å². The predicted molar refractivity (Wildman–Crippen MR) is 72.5 cm³/mol. The Morgan fingerprint density at radius 2 is 2.35 bits per heavy atom. The van der Waals surface area contributed by atoms with E-state index >= 15 is 0 Å². The number of carbonyl (C=O) groups is 1. The van der Waals surface area contributed by atoms with Crippen LogP contribution in [0.4, 0.5) is 0 Å². The second-order valence-corrected chi connectivity index (χ2v) is 5.52. The fourth-order valence-electron chi connectivity index (χ4n) is 1.95. The fourth-order valence-corrected chi connectivity index (χ4v) is 2.80. The molecule has 1 unspecified atom stereocenters. The Bertz CT molecular complexity index is 439. The molecule has 1 atom stereocenters. The van der Waals surface area contributed by atoms with Crippen molar-refractivity contribution in [2.24, 2.45) is 0 Å². The molecule has 92 valence electrons. The van der Waals surface area contributed by atoms with Crippen molar-refractivity contribution in [1.82, 2.24) is 10.2 Å². The van der Waals surface area contributed by atoms with Gasteiger partial charge >= 0.3 is 0 Å². The lowest BCUT2D eigenvalue weighted by Gasteiger charge is -2.32. The number of halogens is 2. The molecule has 0 aromatic heterocycles. The lowest BCUT2D eigenvalue weighted by molar-refractivity contribution is 0.0708. The molecule has 1 saturated heterocycles. The van der Waals surface area contributed by atoms with E-state index in [1.54, 1.807) is 18.2 Å². The first-order valence-electron chi connectivity index (χ1n) is 5.55. The topological polar surface area (TPSA) is 32.3 Å². The van der Waals surface area contributed by atoms with Gasteiger partial charge < -0.3 is 10.2 Å². The molecule has 1 N–H and O–H groups in total. The molecule has 0 bridgehead atoms. The highest BCUT2D eigenvalue weighted by atomic mass is 79.9. The van der Waals surface area contributed by atoms with Gasteiger partial charge in [-0.1, -0.05) is 11.6 Å². The third kappa shape index (κ3) is 3.00. The largest absolute Gasteiger partial charge is 0.336 e. The summed E-state index contributed by atoms with van der Waals surface area (Å²) in [5.74, 6) is 0.0573. The molecule has 0 spiro atoms. The second kappa shape index (κ2) is 5.38.